The second kappa shape index (κ2) is 20.0. The minimum atomic E-state index is -0.715. The maximum Gasteiger partial charge on any atom is 0.407 e. The van der Waals surface area contributed by atoms with Gasteiger partial charge in [0.2, 0.25) is 11.8 Å². The monoisotopic (exact) mass is 932 g/mol. The molecule has 0 spiro atoms. The van der Waals surface area contributed by atoms with Crippen molar-refractivity contribution < 1.29 is 33.4 Å². The number of carbonyl (C=O) groups is 4. The number of hydrogen-bond donors (Lipinski definition) is 4. The van der Waals surface area contributed by atoms with Gasteiger partial charge in [0, 0.05) is 26.2 Å². The fourth-order valence-corrected chi connectivity index (χ4v) is 10.8. The minimum absolute atomic E-state index is 0.0106. The van der Waals surface area contributed by atoms with Crippen LogP contribution < -0.4 is 20.4 Å². The van der Waals surface area contributed by atoms with Crippen LogP contribution in [-0.4, -0.2) is 124 Å². The van der Waals surface area contributed by atoms with Crippen LogP contribution in [0.4, 0.5) is 21.1 Å². The predicted molar refractivity (Wildman–Crippen MR) is 257 cm³/mol. The van der Waals surface area contributed by atoms with Crippen molar-refractivity contribution in [2.75, 3.05) is 63.4 Å². The number of anilines is 2. The zero-order valence-electron chi connectivity index (χ0n) is 40.0. The van der Waals surface area contributed by atoms with Crippen LogP contribution in [0.2, 0.25) is 0 Å². The number of fused-ring (bicyclic) bond motifs is 2. The molecule has 0 saturated carbocycles. The first-order valence-corrected chi connectivity index (χ1v) is 24.3. The highest BCUT2D eigenvalue weighted by atomic mass is 16.5. The summed E-state index contributed by atoms with van der Waals surface area (Å²) in [4.78, 5) is 83.1. The summed E-state index contributed by atoms with van der Waals surface area (Å²) < 4.78 is 15.3. The van der Waals surface area contributed by atoms with E-state index < -0.39 is 24.3 Å². The molecule has 0 aliphatic carbocycles. The zero-order chi connectivity index (χ0) is 47.6. The van der Waals surface area contributed by atoms with Crippen molar-refractivity contribution in [3.63, 3.8) is 0 Å². The van der Waals surface area contributed by atoms with Crippen LogP contribution >= 0.6 is 0 Å². The fraction of sp³-hybridized carbons (Fsp3) is 0.540. The molecule has 4 saturated heterocycles. The van der Waals surface area contributed by atoms with Crippen LogP contribution in [0, 0.1) is 11.8 Å². The maximum atomic E-state index is 14.0. The molecule has 362 valence electrons. The summed E-state index contributed by atoms with van der Waals surface area (Å²) in [6.07, 6.45) is 6.22. The molecule has 4 aliphatic rings. The van der Waals surface area contributed by atoms with Crippen LogP contribution in [0.25, 0.3) is 22.1 Å². The van der Waals surface area contributed by atoms with Gasteiger partial charge in [-0.15, -0.1) is 0 Å². The van der Waals surface area contributed by atoms with Gasteiger partial charge < -0.3 is 54.4 Å². The van der Waals surface area contributed by atoms with Crippen LogP contribution in [0.5, 0.6) is 0 Å². The molecule has 68 heavy (non-hydrogen) atoms. The number of nitrogens with zero attached hydrogens (tertiary/aromatic N) is 7. The zero-order valence-corrected chi connectivity index (χ0v) is 40.0. The lowest BCUT2D eigenvalue weighted by atomic mass is 10.0. The van der Waals surface area contributed by atoms with Gasteiger partial charge in [0.1, 0.15) is 29.6 Å². The average molecular weight is 932 g/mol. The highest BCUT2D eigenvalue weighted by Crippen LogP contribution is 2.48. The summed E-state index contributed by atoms with van der Waals surface area (Å²) >= 11 is 0. The summed E-state index contributed by atoms with van der Waals surface area (Å²) in [5, 5.41) is 5.51. The molecule has 18 nitrogen and oxygen atoms in total. The van der Waals surface area contributed by atoms with Gasteiger partial charge in [-0.1, -0.05) is 39.8 Å². The van der Waals surface area contributed by atoms with Crippen LogP contribution in [-0.2, 0) is 23.8 Å². The van der Waals surface area contributed by atoms with E-state index in [1.54, 1.807) is 0 Å². The SMILES string of the molecule is COC(=O)NC(CC(C)C)C(=O)N1CCCC1c1nc2ccc(C3CCC(c4ccc5nc(C6CCCN6C(=O)C(NC(=O)OC)C(C)C)[nH]c5c4)N3c3ccc(N4CCOCC4)nc3)cc2[nH]1. The number of carbonyl (C=O) groups excluding carboxylic acids is 4. The molecule has 6 atom stereocenters. The first-order valence-electron chi connectivity index (χ1n) is 24.3. The number of ether oxygens (including phenoxy) is 3. The van der Waals surface area contributed by atoms with Crippen LogP contribution in [0.3, 0.4) is 0 Å². The van der Waals surface area contributed by atoms with E-state index in [4.69, 9.17) is 29.2 Å². The molecule has 4 fully saturated rings. The number of hydrogen-bond acceptors (Lipinski definition) is 12. The highest BCUT2D eigenvalue weighted by molar-refractivity contribution is 5.87. The topological polar surface area (TPSA) is 203 Å². The van der Waals surface area contributed by atoms with E-state index in [2.05, 4.69) is 78.9 Å². The quantitative estimate of drug-likeness (QED) is 0.0924. The number of H-pyrrole nitrogens is 2. The van der Waals surface area contributed by atoms with Gasteiger partial charge >= 0.3 is 12.2 Å². The maximum absolute atomic E-state index is 14.0. The number of likely N-dealkylation sites (tertiary alicyclic amines) is 2. The van der Waals surface area contributed by atoms with Crippen molar-refractivity contribution in [1.29, 1.82) is 0 Å². The average Bonchev–Trinajstić information content (AvgIpc) is 4.21. The van der Waals surface area contributed by atoms with E-state index in [0.29, 0.717) is 32.7 Å². The van der Waals surface area contributed by atoms with Crippen molar-refractivity contribution in [1.82, 2.24) is 45.4 Å². The van der Waals surface area contributed by atoms with Crippen LogP contribution in [0.1, 0.15) is 120 Å². The number of morpholine rings is 1. The summed E-state index contributed by atoms with van der Waals surface area (Å²) in [6, 6.07) is 15.3. The smallest absolute Gasteiger partial charge is 0.407 e. The molecule has 2 aromatic carbocycles. The summed E-state index contributed by atoms with van der Waals surface area (Å²) in [5.41, 5.74) is 6.75. The number of benzene rings is 2. The lowest BCUT2D eigenvalue weighted by Crippen LogP contribution is -2.51. The van der Waals surface area contributed by atoms with Gasteiger partial charge in [0.15, 0.2) is 0 Å². The van der Waals surface area contributed by atoms with Gasteiger partial charge in [0.05, 0.1) is 85.6 Å². The third-order valence-corrected chi connectivity index (χ3v) is 14.1. The lowest BCUT2D eigenvalue weighted by Gasteiger charge is -2.34. The molecule has 9 rings (SSSR count). The van der Waals surface area contributed by atoms with E-state index >= 15 is 0 Å². The van der Waals surface area contributed by atoms with Crippen molar-refractivity contribution in [3.05, 3.63) is 77.5 Å². The van der Waals surface area contributed by atoms with Crippen molar-refractivity contribution in [2.24, 2.45) is 11.8 Å². The van der Waals surface area contributed by atoms with E-state index in [-0.39, 0.29) is 47.8 Å². The Balaban J connectivity index is 1.00. The molecule has 0 bridgehead atoms. The van der Waals surface area contributed by atoms with E-state index in [1.165, 1.54) is 14.2 Å². The number of aromatic nitrogens is 5. The second-order valence-corrected chi connectivity index (χ2v) is 19.3. The molecule has 3 aromatic heterocycles. The Hall–Kier alpha value is -6.43. The summed E-state index contributed by atoms with van der Waals surface area (Å²) in [5.74, 6) is 2.19. The van der Waals surface area contributed by atoms with Crippen molar-refractivity contribution >= 4 is 57.6 Å². The number of alkyl carbamates (subject to hydrolysis) is 2. The van der Waals surface area contributed by atoms with E-state index in [0.717, 1.165) is 108 Å². The molecule has 6 unspecified atom stereocenters. The Morgan fingerprint density at radius 1 is 0.706 bits per heavy atom. The second-order valence-electron chi connectivity index (χ2n) is 19.3. The van der Waals surface area contributed by atoms with E-state index in [1.807, 2.05) is 43.7 Å². The Labute approximate surface area is 396 Å². The Kier molecular flexibility index (Phi) is 13.8. The molecular weight excluding hydrogens is 867 g/mol. The molecule has 7 heterocycles. The Morgan fingerprint density at radius 2 is 1.26 bits per heavy atom. The standard InChI is InChI=1S/C50H65N11O7/c1-29(2)25-38(56-49(64)66-5)47(62)59-19-7-9-41(59)45-52-34-14-11-31(26-36(34)54-45)39-16-17-40(61(39)33-13-18-43(51-28-33)58-21-23-68-24-22-58)32-12-15-35-37(27-32)55-46(53-35)42-10-8-20-60(42)48(63)44(30(3)4)57-50(65)67-6/h11-15,18,26-30,38-42,44H,7-10,16-17,19-25H2,1-6H3,(H,52,54)(H,53,55)(H,56,64)(H,57,65). The molecule has 18 heteroatoms. The van der Waals surface area contributed by atoms with Crippen molar-refractivity contribution in [2.45, 2.75) is 109 Å². The number of aromatic amines is 2. The van der Waals surface area contributed by atoms with Gasteiger partial charge in [-0.05, 0) is 104 Å². The molecule has 0 radical (unpaired) electrons. The van der Waals surface area contributed by atoms with Gasteiger partial charge in [-0.25, -0.2) is 24.5 Å². The number of amides is 4. The highest BCUT2D eigenvalue weighted by Gasteiger charge is 2.40. The number of methoxy groups -OCH3 is 2. The lowest BCUT2D eigenvalue weighted by molar-refractivity contribution is -0.136. The number of nitrogens with one attached hydrogen (secondary N) is 4. The normalized spacial score (nSPS) is 21.8. The first-order chi connectivity index (χ1) is 32.9. The summed E-state index contributed by atoms with van der Waals surface area (Å²) in [7, 11) is 2.61. The number of rotatable bonds is 13. The van der Waals surface area contributed by atoms with Gasteiger partial charge in [-0.2, -0.15) is 0 Å². The molecule has 4 amide bonds. The molecule has 4 aliphatic heterocycles. The van der Waals surface area contributed by atoms with Gasteiger partial charge in [0.25, 0.3) is 0 Å². The summed E-state index contributed by atoms with van der Waals surface area (Å²) in [6.45, 7) is 12.0. The molecular formula is C50H65N11O7. The predicted octanol–water partition coefficient (Wildman–Crippen LogP) is 7.23. The Morgan fingerprint density at radius 3 is 1.78 bits per heavy atom. The van der Waals surface area contributed by atoms with E-state index in [9.17, 15) is 19.2 Å². The van der Waals surface area contributed by atoms with Crippen LogP contribution in [0.15, 0.2) is 54.7 Å². The van der Waals surface area contributed by atoms with Gasteiger partial charge in [-0.3, -0.25) is 9.59 Å². The minimum Gasteiger partial charge on any atom is -0.453 e. The number of pyridine rings is 1. The molecule has 4 N–H and O–H groups in total. The third kappa shape index (κ3) is 9.51. The van der Waals surface area contributed by atoms with Crippen molar-refractivity contribution in [3.8, 4) is 0 Å². The third-order valence-electron chi connectivity index (χ3n) is 14.1. The number of imidazole rings is 2. The fourth-order valence-electron chi connectivity index (χ4n) is 10.8. The largest absolute Gasteiger partial charge is 0.453 e. The molecule has 5 aromatic rings. The Bertz CT molecular complexity index is 2610. The first kappa shape index (κ1) is 46.7.